The Kier molecular flexibility index (Phi) is 5.43. The van der Waals surface area contributed by atoms with Crippen molar-refractivity contribution in [2.75, 3.05) is 5.75 Å². The number of halogens is 1. The van der Waals surface area contributed by atoms with Gasteiger partial charge in [0.25, 0.3) is 0 Å². The van der Waals surface area contributed by atoms with Gasteiger partial charge >= 0.3 is 0 Å². The molecule has 0 N–H and O–H groups in total. The molecule has 3 heterocycles. The number of ketones is 1. The highest BCUT2D eigenvalue weighted by Gasteiger charge is 2.22. The molecule has 148 valence electrons. The lowest BCUT2D eigenvalue weighted by atomic mass is 10.1. The molecule has 0 saturated carbocycles. The molecule has 0 aliphatic carbocycles. The van der Waals surface area contributed by atoms with E-state index in [0.717, 1.165) is 26.2 Å². The van der Waals surface area contributed by atoms with Crippen LogP contribution in [-0.2, 0) is 0 Å². The molecule has 8 heteroatoms. The standard InChI is InChI=1S/C22H14ClN3OS3/c23-20-19(15-9-4-5-10-17(15)30-20)21-24-25-22(26(21)14-7-2-1-3-8-14)29-13-16(27)18-11-6-12-28-18/h1-12H,13H2. The van der Waals surface area contributed by atoms with Gasteiger partial charge in [0.2, 0.25) is 0 Å². The average molecular weight is 468 g/mol. The van der Waals surface area contributed by atoms with Crippen molar-refractivity contribution in [1.29, 1.82) is 0 Å². The lowest BCUT2D eigenvalue weighted by Crippen LogP contribution is -2.03. The fourth-order valence-corrected chi connectivity index (χ4v) is 6.15. The molecule has 0 radical (unpaired) electrons. The number of nitrogens with zero attached hydrogens (tertiary/aromatic N) is 3. The van der Waals surface area contributed by atoms with E-state index in [0.29, 0.717) is 21.1 Å². The molecule has 0 saturated heterocycles. The molecule has 5 aromatic rings. The zero-order chi connectivity index (χ0) is 20.5. The predicted octanol–water partition coefficient (Wildman–Crippen LogP) is 6.84. The molecule has 0 atom stereocenters. The highest BCUT2D eigenvalue weighted by molar-refractivity contribution is 7.99. The van der Waals surface area contributed by atoms with Gasteiger partial charge in [-0.15, -0.1) is 32.9 Å². The summed E-state index contributed by atoms with van der Waals surface area (Å²) in [6.07, 6.45) is 0. The molecule has 3 aromatic heterocycles. The summed E-state index contributed by atoms with van der Waals surface area (Å²) in [5.74, 6) is 1.05. The zero-order valence-corrected chi connectivity index (χ0v) is 18.7. The summed E-state index contributed by atoms with van der Waals surface area (Å²) in [5, 5.41) is 12.5. The first-order chi connectivity index (χ1) is 14.7. The van der Waals surface area contributed by atoms with E-state index in [1.165, 1.54) is 34.4 Å². The molecule has 0 aliphatic rings. The lowest BCUT2D eigenvalue weighted by Gasteiger charge is -2.10. The first-order valence-electron chi connectivity index (χ1n) is 9.10. The number of hydrogen-bond acceptors (Lipinski definition) is 6. The van der Waals surface area contributed by atoms with Crippen molar-refractivity contribution in [2.45, 2.75) is 5.16 Å². The Hall–Kier alpha value is -2.45. The predicted molar refractivity (Wildman–Crippen MR) is 127 cm³/mol. The van der Waals surface area contributed by atoms with Gasteiger partial charge in [-0.3, -0.25) is 9.36 Å². The summed E-state index contributed by atoms with van der Waals surface area (Å²) >= 11 is 11.0. The Morgan fingerprint density at radius 1 is 1.00 bits per heavy atom. The molecule has 5 rings (SSSR count). The van der Waals surface area contributed by atoms with Crippen LogP contribution in [0.1, 0.15) is 9.67 Å². The number of Topliss-reactive ketones (excluding diaryl/α,β-unsaturated/α-hetero) is 1. The number of carbonyl (C=O) groups is 1. The van der Waals surface area contributed by atoms with Crippen molar-refractivity contribution < 1.29 is 4.79 Å². The zero-order valence-electron chi connectivity index (χ0n) is 15.5. The number of rotatable bonds is 6. The van der Waals surface area contributed by atoms with E-state index < -0.39 is 0 Å². The summed E-state index contributed by atoms with van der Waals surface area (Å²) in [6, 6.07) is 21.7. The van der Waals surface area contributed by atoms with Gasteiger partial charge in [0.05, 0.1) is 16.2 Å². The van der Waals surface area contributed by atoms with Crippen LogP contribution in [0.3, 0.4) is 0 Å². The number of para-hydroxylation sites is 1. The Bertz CT molecular complexity index is 1330. The number of hydrogen-bond donors (Lipinski definition) is 0. The van der Waals surface area contributed by atoms with Crippen LogP contribution in [0.15, 0.2) is 77.3 Å². The van der Waals surface area contributed by atoms with Crippen LogP contribution in [0.2, 0.25) is 4.34 Å². The van der Waals surface area contributed by atoms with Gasteiger partial charge in [-0.1, -0.05) is 65.8 Å². The van der Waals surface area contributed by atoms with Gasteiger partial charge in [0.15, 0.2) is 16.8 Å². The second kappa shape index (κ2) is 8.35. The van der Waals surface area contributed by atoms with Crippen LogP contribution in [0.25, 0.3) is 27.2 Å². The average Bonchev–Trinajstić information content (AvgIpc) is 3.50. The van der Waals surface area contributed by atoms with Gasteiger partial charge in [0, 0.05) is 15.8 Å². The monoisotopic (exact) mass is 467 g/mol. The summed E-state index contributed by atoms with van der Waals surface area (Å²) in [4.78, 5) is 13.3. The molecule has 2 aromatic carbocycles. The Morgan fingerprint density at radius 3 is 2.60 bits per heavy atom. The third-order valence-corrected chi connectivity index (χ3v) is 7.77. The van der Waals surface area contributed by atoms with E-state index in [1.54, 1.807) is 0 Å². The summed E-state index contributed by atoms with van der Waals surface area (Å²) < 4.78 is 3.75. The number of aromatic nitrogens is 3. The molecule has 0 amide bonds. The first kappa shape index (κ1) is 19.5. The van der Waals surface area contributed by atoms with E-state index in [2.05, 4.69) is 10.2 Å². The number of thioether (sulfide) groups is 1. The van der Waals surface area contributed by atoms with Crippen molar-refractivity contribution >= 4 is 61.9 Å². The van der Waals surface area contributed by atoms with E-state index in [-0.39, 0.29) is 5.78 Å². The van der Waals surface area contributed by atoms with Crippen molar-refractivity contribution in [3.63, 3.8) is 0 Å². The molecular formula is C22H14ClN3OS3. The minimum Gasteiger partial charge on any atom is -0.292 e. The quantitative estimate of drug-likeness (QED) is 0.202. The lowest BCUT2D eigenvalue weighted by molar-refractivity contribution is 0.102. The smallest absolute Gasteiger partial charge is 0.196 e. The third-order valence-electron chi connectivity index (χ3n) is 4.55. The van der Waals surface area contributed by atoms with Crippen molar-refractivity contribution in [3.05, 3.63) is 81.3 Å². The van der Waals surface area contributed by atoms with Gasteiger partial charge in [0.1, 0.15) is 4.34 Å². The summed E-state index contributed by atoms with van der Waals surface area (Å²) in [6.45, 7) is 0. The largest absolute Gasteiger partial charge is 0.292 e. The molecule has 0 unspecified atom stereocenters. The highest BCUT2D eigenvalue weighted by Crippen LogP contribution is 2.42. The minimum absolute atomic E-state index is 0.0816. The maximum absolute atomic E-state index is 12.5. The number of fused-ring (bicyclic) bond motifs is 1. The minimum atomic E-state index is 0.0816. The van der Waals surface area contributed by atoms with Crippen molar-refractivity contribution in [2.24, 2.45) is 0 Å². The maximum atomic E-state index is 12.5. The molecule has 30 heavy (non-hydrogen) atoms. The van der Waals surface area contributed by atoms with Crippen molar-refractivity contribution in [1.82, 2.24) is 14.8 Å². The van der Waals surface area contributed by atoms with E-state index in [1.807, 2.05) is 76.7 Å². The van der Waals surface area contributed by atoms with Gasteiger partial charge in [-0.05, 0) is 29.6 Å². The Labute approximate surface area is 190 Å². The van der Waals surface area contributed by atoms with Gasteiger partial charge in [-0.2, -0.15) is 0 Å². The van der Waals surface area contributed by atoms with E-state index in [9.17, 15) is 4.79 Å². The molecular weight excluding hydrogens is 454 g/mol. The molecule has 0 spiro atoms. The fourth-order valence-electron chi connectivity index (χ4n) is 3.20. The first-order valence-corrected chi connectivity index (χ1v) is 12.2. The third kappa shape index (κ3) is 3.58. The molecule has 0 bridgehead atoms. The SMILES string of the molecule is O=C(CSc1nnc(-c2c(Cl)sc3ccccc23)n1-c1ccccc1)c1cccs1. The fraction of sp³-hybridized carbons (Fsp3) is 0.0455. The number of thiophene rings is 2. The normalized spacial score (nSPS) is 11.2. The van der Waals surface area contributed by atoms with Crippen LogP contribution < -0.4 is 0 Å². The van der Waals surface area contributed by atoms with Crippen LogP contribution >= 0.6 is 46.0 Å². The van der Waals surface area contributed by atoms with Crippen LogP contribution in [0, 0.1) is 0 Å². The highest BCUT2D eigenvalue weighted by atomic mass is 35.5. The van der Waals surface area contributed by atoms with Crippen LogP contribution in [-0.4, -0.2) is 26.3 Å². The Balaban J connectivity index is 1.60. The van der Waals surface area contributed by atoms with E-state index >= 15 is 0 Å². The maximum Gasteiger partial charge on any atom is 0.196 e. The molecule has 4 nitrogen and oxygen atoms in total. The second-order valence-corrected chi connectivity index (χ2v) is 9.96. The topological polar surface area (TPSA) is 47.8 Å². The molecule has 0 fully saturated rings. The van der Waals surface area contributed by atoms with Gasteiger partial charge < -0.3 is 0 Å². The number of benzene rings is 2. The van der Waals surface area contributed by atoms with Crippen LogP contribution in [0.4, 0.5) is 0 Å². The van der Waals surface area contributed by atoms with Crippen LogP contribution in [0.5, 0.6) is 0 Å². The summed E-state index contributed by atoms with van der Waals surface area (Å²) in [5.41, 5.74) is 1.79. The second-order valence-electron chi connectivity index (χ2n) is 6.41. The van der Waals surface area contributed by atoms with Crippen molar-refractivity contribution in [3.8, 4) is 17.1 Å². The van der Waals surface area contributed by atoms with E-state index in [4.69, 9.17) is 11.6 Å². The Morgan fingerprint density at radius 2 is 1.80 bits per heavy atom. The molecule has 0 aliphatic heterocycles. The number of carbonyl (C=O) groups excluding carboxylic acids is 1. The van der Waals surface area contributed by atoms with Gasteiger partial charge in [-0.25, -0.2) is 0 Å². The summed E-state index contributed by atoms with van der Waals surface area (Å²) in [7, 11) is 0.